The topological polar surface area (TPSA) is 302 Å². The van der Waals surface area contributed by atoms with Crippen LogP contribution in [0.2, 0.25) is 0 Å². The molecule has 0 saturated carbocycles. The number of hydrogen-bond donors (Lipinski definition) is 4. The summed E-state index contributed by atoms with van der Waals surface area (Å²) in [6.07, 6.45) is 3.42. The average Bonchev–Trinajstić information content (AvgIpc) is 3.68. The number of hydrogen-bond acceptors (Lipinski definition) is 15. The van der Waals surface area contributed by atoms with Crippen LogP contribution in [0.1, 0.15) is 78.0 Å². The Morgan fingerprint density at radius 2 is 1.07 bits per heavy atom. The van der Waals surface area contributed by atoms with Crippen molar-refractivity contribution >= 4 is 104 Å². The van der Waals surface area contributed by atoms with E-state index in [4.69, 9.17) is 15.5 Å². The van der Waals surface area contributed by atoms with Crippen LogP contribution in [-0.2, 0) is 51.1 Å². The highest BCUT2D eigenvalue weighted by Gasteiger charge is 2.21. The van der Waals surface area contributed by atoms with Crippen LogP contribution < -0.4 is 14.7 Å². The van der Waals surface area contributed by atoms with Crippen molar-refractivity contribution in [1.82, 2.24) is 8.97 Å². The molecule has 5 N–H and O–H groups in total. The summed E-state index contributed by atoms with van der Waals surface area (Å²) in [5.74, 6) is -1.07. The fraction of sp³-hybridized carbons (Fsp3) is 0.500. The van der Waals surface area contributed by atoms with Crippen molar-refractivity contribution in [3.8, 4) is 17.6 Å². The average molecular weight is 1340 g/mol. The molecule has 18 nitrogen and oxygen atoms in total. The summed E-state index contributed by atoms with van der Waals surface area (Å²) in [4.78, 5) is 1.97. The summed E-state index contributed by atoms with van der Waals surface area (Å²) in [5.41, 5.74) is 17.0. The number of unbranched alkanes of at least 4 members (excludes halogenated alkanes) is 1. The molecule has 24 heteroatoms. The minimum atomic E-state index is -4.19. The molecule has 74 heavy (non-hydrogen) atoms. The van der Waals surface area contributed by atoms with Gasteiger partial charge >= 0.3 is 0 Å². The zero-order valence-corrected chi connectivity index (χ0v) is 52.5. The number of nitrogens with two attached hydrogens (primary N) is 1. The van der Waals surface area contributed by atoms with Crippen LogP contribution in [0.15, 0.2) is 72.8 Å². The van der Waals surface area contributed by atoms with Crippen molar-refractivity contribution in [2.24, 2.45) is 0 Å². The second-order valence-electron chi connectivity index (χ2n) is 18.2. The number of aryl methyl sites for hydroxylation is 7. The largest absolute Gasteiger partial charge is 0.748 e. The van der Waals surface area contributed by atoms with Crippen LogP contribution in [0.25, 0.3) is 0 Å². The number of nitrogen functional groups attached to an aromatic ring is 1. The molecule has 0 bridgehead atoms. The maximum Gasteiger partial charge on any atom is 0.267 e. The number of rotatable bonds is 15. The number of alkyl halides is 1. The maximum atomic E-state index is 10.6. The zero-order valence-electron chi connectivity index (χ0n) is 44.8. The lowest BCUT2D eigenvalue weighted by atomic mass is 10.0. The zero-order chi connectivity index (χ0) is 57.0. The fourth-order valence-corrected chi connectivity index (χ4v) is 8.83. The van der Waals surface area contributed by atoms with E-state index in [9.17, 15) is 53.0 Å². The molecule has 0 amide bonds. The van der Waals surface area contributed by atoms with Gasteiger partial charge in [-0.05, 0) is 135 Å². The van der Waals surface area contributed by atoms with E-state index >= 15 is 0 Å². The van der Waals surface area contributed by atoms with Gasteiger partial charge in [0.15, 0.2) is 11.5 Å². The number of halogens is 2. The van der Waals surface area contributed by atoms with Crippen molar-refractivity contribution in [2.75, 3.05) is 81.6 Å². The number of nitriles is 1. The molecule has 1 fully saturated rings. The third-order valence-corrected chi connectivity index (χ3v) is 14.8. The Bertz CT molecular complexity index is 2700. The molecule has 4 aromatic carbocycles. The van der Waals surface area contributed by atoms with Crippen LogP contribution in [0.5, 0.6) is 11.5 Å². The van der Waals surface area contributed by atoms with Crippen molar-refractivity contribution in [1.29, 1.82) is 5.26 Å². The first-order chi connectivity index (χ1) is 33.4. The van der Waals surface area contributed by atoms with Crippen molar-refractivity contribution in [2.45, 2.75) is 87.0 Å². The monoisotopic (exact) mass is 1340 g/mol. The van der Waals surface area contributed by atoms with Gasteiger partial charge in [-0.3, -0.25) is 17.7 Å². The molecule has 0 spiro atoms. The van der Waals surface area contributed by atoms with Crippen molar-refractivity contribution in [3.05, 3.63) is 112 Å². The Balaban J connectivity index is -0.000000855. The van der Waals surface area contributed by atoms with Gasteiger partial charge in [0, 0.05) is 55.2 Å². The van der Waals surface area contributed by atoms with Gasteiger partial charge in [0.05, 0.1) is 85.7 Å². The van der Waals surface area contributed by atoms with Gasteiger partial charge in [0.25, 0.3) is 20.2 Å². The molecular weight excluding hydrogens is 1260 g/mol. The molecular formula is C50H80I2N4O14S4. The highest BCUT2D eigenvalue weighted by Crippen LogP contribution is 2.31. The Morgan fingerprint density at radius 3 is 1.42 bits per heavy atom. The standard InChI is InChI=1S/C13H21NO3S.C12H18O3S.C11H17NO5S.C8H11N.C3H6O3S.C2H3N.CH3I.HI/c1-11-6-7-13(10-12(11)2)14(3,4)8-5-9-18(15,16)17;1-10-6-7-12(9-11(10)2)5-3-4-8-16(13,14)15;1-12(2,6-3-7-18(15,16)17)9-4-5-10(13)11(14)8-9;1-6-3-4-8(9)5-7(6)2;4-7(5)3-1-2-6-7;1-2-3;1-2;/h6-7,10H,5,8-9H2,1-4H3;6-7,9H,3-5,8H2,1-2H3,(H,13,14,15);4-5,8H,3,6-7H2,1-2H3,(H2-,13,14,15,16,17);3-5H,9H2,1-2H3;1-3H2;1H3;1H3;1H. The minimum absolute atomic E-state index is 0. The number of phenols is 2. The van der Waals surface area contributed by atoms with E-state index in [0.29, 0.717) is 53.6 Å². The van der Waals surface area contributed by atoms with Crippen molar-refractivity contribution < 1.29 is 61.7 Å². The Hall–Kier alpha value is -3.21. The van der Waals surface area contributed by atoms with Gasteiger partial charge < -0.3 is 25.1 Å². The van der Waals surface area contributed by atoms with Crippen LogP contribution >= 0.6 is 46.6 Å². The van der Waals surface area contributed by atoms with Crippen molar-refractivity contribution in [3.63, 3.8) is 0 Å². The van der Waals surface area contributed by atoms with Gasteiger partial charge in [0.1, 0.15) is 11.4 Å². The SMILES string of the molecule is CC#N.CI.C[N+](C)(CCCS(=O)(=O)[O-])c1ccc(O)c(O)c1.Cc1ccc(CCCCS(=O)(=O)O)cc1C.Cc1ccc(N)cc1C.Cc1ccc([N+](C)(C)CCCS(=O)(=O)[O-])cc1C.I.O=S1(=O)CCCO1. The summed E-state index contributed by atoms with van der Waals surface area (Å²) in [5, 5.41) is 25.9. The highest BCUT2D eigenvalue weighted by molar-refractivity contribution is 14.1. The molecule has 0 aromatic heterocycles. The lowest BCUT2D eigenvalue weighted by Gasteiger charge is -2.30. The van der Waals surface area contributed by atoms with Gasteiger partial charge in [-0.15, -0.1) is 24.0 Å². The second kappa shape index (κ2) is 36.0. The number of aromatic hydroxyl groups is 2. The van der Waals surface area contributed by atoms with Crippen LogP contribution in [0.4, 0.5) is 17.1 Å². The maximum absolute atomic E-state index is 10.6. The number of nitrogens with zero attached hydrogens (tertiary/aromatic N) is 3. The molecule has 1 saturated heterocycles. The molecule has 5 rings (SSSR count). The first-order valence-electron chi connectivity index (χ1n) is 23.0. The lowest BCUT2D eigenvalue weighted by Crippen LogP contribution is -2.42. The Kier molecular flexibility index (Phi) is 36.5. The predicted molar refractivity (Wildman–Crippen MR) is 318 cm³/mol. The molecule has 0 radical (unpaired) electrons. The third-order valence-electron chi connectivity index (χ3n) is 11.1. The molecule has 0 aliphatic carbocycles. The normalized spacial score (nSPS) is 12.7. The van der Waals surface area contributed by atoms with E-state index in [1.807, 2.05) is 57.4 Å². The Labute approximate surface area is 474 Å². The summed E-state index contributed by atoms with van der Waals surface area (Å²) >= 11 is 2.15. The lowest BCUT2D eigenvalue weighted by molar-refractivity contribution is 0.354. The van der Waals surface area contributed by atoms with E-state index in [1.165, 1.54) is 58.0 Å². The molecule has 1 aliphatic rings. The highest BCUT2D eigenvalue weighted by atomic mass is 127. The number of benzene rings is 4. The fourth-order valence-electron chi connectivity index (χ4n) is 6.34. The summed E-state index contributed by atoms with van der Waals surface area (Å²) in [6, 6.07) is 24.6. The minimum Gasteiger partial charge on any atom is -0.748 e. The molecule has 0 unspecified atom stereocenters. The molecule has 422 valence electrons. The number of phenolic OH excluding ortho intramolecular Hbond substituents is 2. The summed E-state index contributed by atoms with van der Waals surface area (Å²) in [6.45, 7) is 15.3. The van der Waals surface area contributed by atoms with Gasteiger partial charge in [-0.2, -0.15) is 22.1 Å². The summed E-state index contributed by atoms with van der Waals surface area (Å²) in [7, 11) is -7.46. The molecule has 0 atom stereocenters. The van der Waals surface area contributed by atoms with E-state index in [1.54, 1.807) is 12.1 Å². The smallest absolute Gasteiger partial charge is 0.267 e. The second-order valence-corrected chi connectivity index (χ2v) is 24.5. The van der Waals surface area contributed by atoms with E-state index in [0.717, 1.165) is 24.2 Å². The van der Waals surface area contributed by atoms with Gasteiger partial charge in [-0.25, -0.2) is 16.8 Å². The summed E-state index contributed by atoms with van der Waals surface area (Å²) < 4.78 is 118. The number of quaternary nitrogens is 2. The molecule has 4 aromatic rings. The predicted octanol–water partition coefficient (Wildman–Crippen LogP) is 8.74. The van der Waals surface area contributed by atoms with Gasteiger partial charge in [-0.1, -0.05) is 52.9 Å². The first-order valence-corrected chi connectivity index (χ1v) is 31.5. The van der Waals surface area contributed by atoms with Gasteiger partial charge in [0.2, 0.25) is 0 Å². The van der Waals surface area contributed by atoms with Crippen LogP contribution in [0.3, 0.4) is 0 Å². The quantitative estimate of drug-likeness (QED) is 0.0126. The molecule has 1 aliphatic heterocycles. The van der Waals surface area contributed by atoms with Crippen LogP contribution in [-0.4, -0.2) is 133 Å². The number of anilines is 1. The molecule has 1 heterocycles. The van der Waals surface area contributed by atoms with Crippen LogP contribution in [0, 0.1) is 52.9 Å². The van der Waals surface area contributed by atoms with E-state index in [-0.39, 0.29) is 59.2 Å². The Morgan fingerprint density at radius 1 is 0.649 bits per heavy atom. The van der Waals surface area contributed by atoms with E-state index < -0.39 is 46.2 Å². The third kappa shape index (κ3) is 35.9. The first kappa shape index (κ1) is 75.0. The van der Waals surface area contributed by atoms with E-state index in [2.05, 4.69) is 98.6 Å².